The average Bonchev–Trinajstić information content (AvgIpc) is 2.83. The van der Waals surface area contributed by atoms with E-state index in [0.29, 0.717) is 5.69 Å². The first-order valence-corrected chi connectivity index (χ1v) is 7.52. The van der Waals surface area contributed by atoms with E-state index in [1.807, 2.05) is 18.2 Å². The highest BCUT2D eigenvalue weighted by molar-refractivity contribution is 6.22. The Morgan fingerprint density at radius 1 is 1.10 bits per heavy atom. The number of nitrogens with zero attached hydrogens (tertiary/aromatic N) is 2. The summed E-state index contributed by atoms with van der Waals surface area (Å²) in [6.45, 7) is 0. The maximum absolute atomic E-state index is 12.9. The van der Waals surface area contributed by atoms with Crippen LogP contribution in [0.4, 0.5) is 5.69 Å². The number of hydrogen-bond donors (Lipinski definition) is 0. The Morgan fingerprint density at radius 3 is 2.38 bits per heavy atom. The van der Waals surface area contributed by atoms with Gasteiger partial charge in [0, 0.05) is 0 Å². The van der Waals surface area contributed by atoms with Gasteiger partial charge in [0.1, 0.15) is 0 Å². The van der Waals surface area contributed by atoms with E-state index in [4.69, 9.17) is 0 Å². The number of hydrogen-bond acceptors (Lipinski definition) is 3. The summed E-state index contributed by atoms with van der Waals surface area (Å²) in [6.07, 6.45) is 3.32. The molecule has 0 spiro atoms. The van der Waals surface area contributed by atoms with Gasteiger partial charge in [0.15, 0.2) is 0 Å². The lowest BCUT2D eigenvalue weighted by atomic mass is 9.52. The molecule has 0 aromatic heterocycles. The zero-order valence-corrected chi connectivity index (χ0v) is 11.7. The molecule has 5 rings (SSSR count). The fourth-order valence-corrected chi connectivity index (χ4v) is 4.59. The number of imide groups is 1. The van der Waals surface area contributed by atoms with Crippen molar-refractivity contribution in [3.8, 4) is 6.07 Å². The highest BCUT2D eigenvalue weighted by Gasteiger charge is 2.64. The van der Waals surface area contributed by atoms with E-state index in [-0.39, 0.29) is 23.7 Å². The minimum absolute atomic E-state index is 0.0970. The first kappa shape index (κ1) is 12.6. The molecule has 0 unspecified atom stereocenters. The quantitative estimate of drug-likeness (QED) is 0.743. The second-order valence-corrected chi connectivity index (χ2v) is 6.46. The van der Waals surface area contributed by atoms with Gasteiger partial charge in [-0.15, -0.1) is 0 Å². The van der Waals surface area contributed by atoms with Gasteiger partial charge in [0.2, 0.25) is 11.8 Å². The maximum Gasteiger partial charge on any atom is 0.239 e. The van der Waals surface area contributed by atoms with E-state index in [9.17, 15) is 14.9 Å². The van der Waals surface area contributed by atoms with Gasteiger partial charge in [-0.2, -0.15) is 5.26 Å². The van der Waals surface area contributed by atoms with Crippen LogP contribution in [0.1, 0.15) is 25.7 Å². The van der Waals surface area contributed by atoms with Crippen LogP contribution in [0.5, 0.6) is 0 Å². The first-order chi connectivity index (χ1) is 10.2. The van der Waals surface area contributed by atoms with Crippen LogP contribution in [0, 0.1) is 34.5 Å². The summed E-state index contributed by atoms with van der Waals surface area (Å²) in [4.78, 5) is 27.0. The molecule has 4 heteroatoms. The Balaban J connectivity index is 1.81. The van der Waals surface area contributed by atoms with E-state index < -0.39 is 11.3 Å². The normalized spacial score (nSPS) is 37.5. The molecular weight excluding hydrogens is 264 g/mol. The first-order valence-electron chi connectivity index (χ1n) is 7.52. The van der Waals surface area contributed by atoms with E-state index >= 15 is 0 Å². The summed E-state index contributed by atoms with van der Waals surface area (Å²) < 4.78 is 0. The molecule has 0 N–H and O–H groups in total. The van der Waals surface area contributed by atoms with E-state index in [2.05, 4.69) is 6.07 Å². The SMILES string of the molecule is N#CC12CCC(CC1)[C@@H]1C(=O)N(c3ccccc3)C(=O)[C@@H]12. The topological polar surface area (TPSA) is 61.2 Å². The number of rotatable bonds is 1. The Kier molecular flexibility index (Phi) is 2.50. The van der Waals surface area contributed by atoms with Crippen LogP contribution in [0.2, 0.25) is 0 Å². The number of carbonyl (C=O) groups is 2. The van der Waals surface area contributed by atoms with Gasteiger partial charge in [-0.1, -0.05) is 18.2 Å². The monoisotopic (exact) mass is 280 g/mol. The van der Waals surface area contributed by atoms with Crippen LogP contribution in [-0.4, -0.2) is 11.8 Å². The maximum atomic E-state index is 12.9. The van der Waals surface area contributed by atoms with Crippen LogP contribution in [0.3, 0.4) is 0 Å². The van der Waals surface area contributed by atoms with Crippen LogP contribution >= 0.6 is 0 Å². The number of para-hydroxylation sites is 1. The van der Waals surface area contributed by atoms with Crippen molar-refractivity contribution in [3.63, 3.8) is 0 Å². The van der Waals surface area contributed by atoms with Gasteiger partial charge in [-0.3, -0.25) is 9.59 Å². The molecule has 1 aromatic carbocycles. The third-order valence-electron chi connectivity index (χ3n) is 5.61. The predicted molar refractivity (Wildman–Crippen MR) is 75.9 cm³/mol. The molecule has 3 saturated carbocycles. The van der Waals surface area contributed by atoms with Gasteiger partial charge in [0.25, 0.3) is 0 Å². The second-order valence-electron chi connectivity index (χ2n) is 6.46. The molecule has 0 radical (unpaired) electrons. The van der Waals surface area contributed by atoms with Crippen molar-refractivity contribution >= 4 is 17.5 Å². The van der Waals surface area contributed by atoms with Crippen molar-refractivity contribution in [2.24, 2.45) is 23.2 Å². The van der Waals surface area contributed by atoms with Crippen LogP contribution in [0.15, 0.2) is 30.3 Å². The summed E-state index contributed by atoms with van der Waals surface area (Å²) in [5.74, 6) is -0.694. The molecule has 1 aliphatic heterocycles. The zero-order chi connectivity index (χ0) is 14.6. The molecule has 21 heavy (non-hydrogen) atoms. The van der Waals surface area contributed by atoms with Crippen molar-refractivity contribution in [2.45, 2.75) is 25.7 Å². The van der Waals surface area contributed by atoms with Crippen LogP contribution < -0.4 is 4.90 Å². The number of benzene rings is 1. The van der Waals surface area contributed by atoms with Crippen molar-refractivity contribution in [3.05, 3.63) is 30.3 Å². The highest BCUT2D eigenvalue weighted by Crippen LogP contribution is 2.59. The third kappa shape index (κ3) is 1.49. The summed E-state index contributed by atoms with van der Waals surface area (Å²) in [6, 6.07) is 11.5. The van der Waals surface area contributed by atoms with Gasteiger partial charge < -0.3 is 0 Å². The Labute approximate surface area is 123 Å². The number of anilines is 1. The van der Waals surface area contributed by atoms with Gasteiger partial charge in [0.05, 0.1) is 29.0 Å². The van der Waals surface area contributed by atoms with E-state index in [1.165, 1.54) is 4.90 Å². The molecule has 2 atom stereocenters. The van der Waals surface area contributed by atoms with Crippen LogP contribution in [0.25, 0.3) is 0 Å². The molecule has 2 bridgehead atoms. The third-order valence-corrected chi connectivity index (χ3v) is 5.61. The Hall–Kier alpha value is -2.15. The smallest absolute Gasteiger partial charge is 0.239 e. The van der Waals surface area contributed by atoms with Crippen LogP contribution in [-0.2, 0) is 9.59 Å². The molecule has 4 fully saturated rings. The molecule has 1 saturated heterocycles. The molecule has 2 amide bonds. The number of amides is 2. The molecular formula is C17H16N2O2. The average molecular weight is 280 g/mol. The van der Waals surface area contributed by atoms with Gasteiger partial charge >= 0.3 is 0 Å². The number of nitriles is 1. The molecule has 106 valence electrons. The second kappa shape index (κ2) is 4.17. The summed E-state index contributed by atoms with van der Waals surface area (Å²) in [5.41, 5.74) is 0.0183. The molecule has 1 aromatic rings. The largest absolute Gasteiger partial charge is 0.274 e. The molecule has 3 aliphatic carbocycles. The number of carbonyl (C=O) groups excluding carboxylic acids is 2. The van der Waals surface area contributed by atoms with Gasteiger partial charge in [-0.25, -0.2) is 4.90 Å². The lowest BCUT2D eigenvalue weighted by Crippen LogP contribution is -2.49. The molecule has 4 aliphatic rings. The van der Waals surface area contributed by atoms with Crippen molar-refractivity contribution < 1.29 is 9.59 Å². The predicted octanol–water partition coefficient (Wildman–Crippen LogP) is 2.51. The highest BCUT2D eigenvalue weighted by atomic mass is 16.2. The zero-order valence-electron chi connectivity index (χ0n) is 11.7. The van der Waals surface area contributed by atoms with E-state index in [0.717, 1.165) is 25.7 Å². The molecule has 1 heterocycles. The van der Waals surface area contributed by atoms with E-state index in [1.54, 1.807) is 12.1 Å². The van der Waals surface area contributed by atoms with Crippen molar-refractivity contribution in [1.82, 2.24) is 0 Å². The Bertz CT molecular complexity index is 653. The summed E-state index contributed by atoms with van der Waals surface area (Å²) in [7, 11) is 0. The Morgan fingerprint density at radius 2 is 1.76 bits per heavy atom. The molecule has 4 nitrogen and oxygen atoms in total. The lowest BCUT2D eigenvalue weighted by molar-refractivity contribution is -0.133. The fourth-order valence-electron chi connectivity index (χ4n) is 4.59. The fraction of sp³-hybridized carbons (Fsp3) is 0.471. The minimum Gasteiger partial charge on any atom is -0.274 e. The summed E-state index contributed by atoms with van der Waals surface area (Å²) in [5, 5.41) is 9.64. The lowest BCUT2D eigenvalue weighted by Gasteiger charge is -2.48. The summed E-state index contributed by atoms with van der Waals surface area (Å²) >= 11 is 0. The van der Waals surface area contributed by atoms with Crippen molar-refractivity contribution in [1.29, 1.82) is 5.26 Å². The standard InChI is InChI=1S/C17H16N2O2/c18-10-17-8-6-11(7-9-17)13-14(17)16(21)19(15(13)20)12-4-2-1-3-5-12/h1-5,11,13-14H,6-9H2/t11?,13-,14+,17?/m0/s1. The van der Waals surface area contributed by atoms with Crippen molar-refractivity contribution in [2.75, 3.05) is 4.90 Å². The number of fused-ring (bicyclic) bond motifs is 2. The minimum atomic E-state index is -0.615. The van der Waals surface area contributed by atoms with Gasteiger partial charge in [-0.05, 0) is 43.7 Å².